The van der Waals surface area contributed by atoms with Gasteiger partial charge in [-0.3, -0.25) is 4.79 Å². The first-order valence-electron chi connectivity index (χ1n) is 5.35. The summed E-state index contributed by atoms with van der Waals surface area (Å²) in [6.45, 7) is 7.00. The van der Waals surface area contributed by atoms with E-state index in [9.17, 15) is 4.79 Å². The Morgan fingerprint density at radius 3 is 2.60 bits per heavy atom. The Morgan fingerprint density at radius 1 is 1.27 bits per heavy atom. The number of hydrogen-bond acceptors (Lipinski definition) is 1. The summed E-state index contributed by atoms with van der Waals surface area (Å²) >= 11 is 0. The summed E-state index contributed by atoms with van der Waals surface area (Å²) in [5, 5.41) is 2.96. The van der Waals surface area contributed by atoms with Gasteiger partial charge in [0.1, 0.15) is 0 Å². The fourth-order valence-corrected chi connectivity index (χ4v) is 2.26. The van der Waals surface area contributed by atoms with Gasteiger partial charge in [0.25, 0.3) is 0 Å². The number of benzene rings is 1. The normalized spacial score (nSPS) is 20.7. The Kier molecular flexibility index (Phi) is 2.29. The molecule has 1 atom stereocenters. The molecule has 0 spiro atoms. The minimum absolute atomic E-state index is 0.0255. The number of hydrogen-bond donors (Lipinski definition) is 1. The molecule has 2 heteroatoms. The van der Waals surface area contributed by atoms with E-state index >= 15 is 0 Å². The third-order valence-electron chi connectivity index (χ3n) is 2.95. The second kappa shape index (κ2) is 3.37. The molecule has 0 saturated heterocycles. The highest BCUT2D eigenvalue weighted by Crippen LogP contribution is 2.38. The maximum atomic E-state index is 11.9. The zero-order chi connectivity index (χ0) is 11.1. The predicted molar refractivity (Wildman–Crippen MR) is 60.5 cm³/mol. The first kappa shape index (κ1) is 10.2. The molecular formula is C13H17NO. The minimum Gasteiger partial charge on any atom is -0.351 e. The Morgan fingerprint density at radius 2 is 1.93 bits per heavy atom. The van der Waals surface area contributed by atoms with Gasteiger partial charge in [-0.05, 0) is 16.5 Å². The zero-order valence-corrected chi connectivity index (χ0v) is 9.50. The summed E-state index contributed by atoms with van der Waals surface area (Å²) in [6, 6.07) is 8.20. The molecule has 1 aliphatic heterocycles. The quantitative estimate of drug-likeness (QED) is 0.689. The van der Waals surface area contributed by atoms with Crippen molar-refractivity contribution in [2.24, 2.45) is 5.41 Å². The zero-order valence-electron chi connectivity index (χ0n) is 9.50. The van der Waals surface area contributed by atoms with Gasteiger partial charge in [0, 0.05) is 6.54 Å². The van der Waals surface area contributed by atoms with E-state index in [1.54, 1.807) is 0 Å². The second-order valence-corrected chi connectivity index (χ2v) is 5.22. The summed E-state index contributed by atoms with van der Waals surface area (Å²) in [4.78, 5) is 11.9. The molecule has 0 fully saturated rings. The molecule has 1 aliphatic rings. The smallest absolute Gasteiger partial charge is 0.228 e. The first-order chi connectivity index (χ1) is 7.00. The Hall–Kier alpha value is -1.31. The molecule has 0 bridgehead atoms. The third kappa shape index (κ3) is 1.76. The maximum absolute atomic E-state index is 11.9. The van der Waals surface area contributed by atoms with E-state index in [0.29, 0.717) is 6.54 Å². The Bertz CT molecular complexity index is 390. The van der Waals surface area contributed by atoms with Crippen molar-refractivity contribution in [1.82, 2.24) is 5.32 Å². The molecule has 1 unspecified atom stereocenters. The van der Waals surface area contributed by atoms with Crippen LogP contribution in [0.25, 0.3) is 0 Å². The lowest BCUT2D eigenvalue weighted by atomic mass is 9.73. The molecule has 2 nitrogen and oxygen atoms in total. The Balaban J connectivity index is 2.51. The van der Waals surface area contributed by atoms with E-state index in [1.807, 2.05) is 12.1 Å². The monoisotopic (exact) mass is 203 g/mol. The lowest BCUT2D eigenvalue weighted by molar-refractivity contribution is -0.125. The average molecular weight is 203 g/mol. The number of rotatable bonds is 0. The van der Waals surface area contributed by atoms with Gasteiger partial charge in [-0.15, -0.1) is 0 Å². The molecule has 0 radical (unpaired) electrons. The molecule has 1 N–H and O–H groups in total. The summed E-state index contributed by atoms with van der Waals surface area (Å²) in [5.41, 5.74) is 2.41. The van der Waals surface area contributed by atoms with Crippen LogP contribution in [0.15, 0.2) is 24.3 Å². The van der Waals surface area contributed by atoms with Gasteiger partial charge in [0.15, 0.2) is 0 Å². The fourth-order valence-electron chi connectivity index (χ4n) is 2.26. The molecule has 15 heavy (non-hydrogen) atoms. The lowest BCUT2D eigenvalue weighted by Crippen LogP contribution is -2.40. The minimum atomic E-state index is -0.0272. The highest BCUT2D eigenvalue weighted by molar-refractivity contribution is 5.86. The van der Waals surface area contributed by atoms with Crippen LogP contribution in [0.2, 0.25) is 0 Å². The largest absolute Gasteiger partial charge is 0.351 e. The molecule has 1 aromatic rings. The van der Waals surface area contributed by atoms with Crippen molar-refractivity contribution in [1.29, 1.82) is 0 Å². The standard InChI is InChI=1S/C13H17NO/c1-13(2,3)11-10-7-5-4-6-9(10)8-14-12(11)15/h4-7,11H,8H2,1-3H3,(H,14,15). The molecule has 0 aromatic heterocycles. The fraction of sp³-hybridized carbons (Fsp3) is 0.462. The number of amides is 1. The van der Waals surface area contributed by atoms with E-state index in [2.05, 4.69) is 38.2 Å². The maximum Gasteiger partial charge on any atom is 0.228 e. The van der Waals surface area contributed by atoms with Crippen LogP contribution in [-0.2, 0) is 11.3 Å². The van der Waals surface area contributed by atoms with Crippen LogP contribution in [0.5, 0.6) is 0 Å². The average Bonchev–Trinajstić information content (AvgIpc) is 2.15. The van der Waals surface area contributed by atoms with Crippen molar-refractivity contribution < 1.29 is 4.79 Å². The highest BCUT2D eigenvalue weighted by Gasteiger charge is 2.36. The molecule has 80 valence electrons. The van der Waals surface area contributed by atoms with Crippen LogP contribution in [0.1, 0.15) is 37.8 Å². The van der Waals surface area contributed by atoms with E-state index in [4.69, 9.17) is 0 Å². The van der Waals surface area contributed by atoms with Crippen LogP contribution in [-0.4, -0.2) is 5.91 Å². The molecule has 0 saturated carbocycles. The van der Waals surface area contributed by atoms with Crippen molar-refractivity contribution in [3.63, 3.8) is 0 Å². The van der Waals surface area contributed by atoms with Gasteiger partial charge >= 0.3 is 0 Å². The van der Waals surface area contributed by atoms with Crippen molar-refractivity contribution in [2.45, 2.75) is 33.2 Å². The second-order valence-electron chi connectivity index (χ2n) is 5.22. The van der Waals surface area contributed by atoms with E-state index in [0.717, 1.165) is 0 Å². The van der Waals surface area contributed by atoms with Gasteiger partial charge < -0.3 is 5.32 Å². The van der Waals surface area contributed by atoms with Crippen LogP contribution < -0.4 is 5.32 Å². The number of carbonyl (C=O) groups excluding carboxylic acids is 1. The van der Waals surface area contributed by atoms with Crippen molar-refractivity contribution in [3.8, 4) is 0 Å². The van der Waals surface area contributed by atoms with Gasteiger partial charge in [-0.25, -0.2) is 0 Å². The molecule has 0 aliphatic carbocycles. The lowest BCUT2D eigenvalue weighted by Gasteiger charge is -2.34. The summed E-state index contributed by atoms with van der Waals surface area (Å²) in [7, 11) is 0. The Labute approximate surface area is 90.7 Å². The van der Waals surface area contributed by atoms with Crippen LogP contribution in [0.3, 0.4) is 0 Å². The molecule has 1 heterocycles. The number of carbonyl (C=O) groups is 1. The van der Waals surface area contributed by atoms with Crippen molar-refractivity contribution in [2.75, 3.05) is 0 Å². The summed E-state index contributed by atoms with van der Waals surface area (Å²) < 4.78 is 0. The van der Waals surface area contributed by atoms with Crippen molar-refractivity contribution in [3.05, 3.63) is 35.4 Å². The van der Waals surface area contributed by atoms with Crippen LogP contribution in [0.4, 0.5) is 0 Å². The summed E-state index contributed by atoms with van der Waals surface area (Å²) in [6.07, 6.45) is 0. The highest BCUT2D eigenvalue weighted by atomic mass is 16.2. The number of fused-ring (bicyclic) bond motifs is 1. The topological polar surface area (TPSA) is 29.1 Å². The van der Waals surface area contributed by atoms with E-state index in [1.165, 1.54) is 11.1 Å². The molecular weight excluding hydrogens is 186 g/mol. The van der Waals surface area contributed by atoms with Crippen LogP contribution >= 0.6 is 0 Å². The summed E-state index contributed by atoms with van der Waals surface area (Å²) in [5.74, 6) is 0.128. The van der Waals surface area contributed by atoms with Gasteiger partial charge in [-0.1, -0.05) is 45.0 Å². The SMILES string of the molecule is CC(C)(C)C1C(=O)NCc2ccccc21. The van der Waals surface area contributed by atoms with Gasteiger partial charge in [0.05, 0.1) is 5.92 Å². The van der Waals surface area contributed by atoms with Crippen LogP contribution in [0, 0.1) is 5.41 Å². The van der Waals surface area contributed by atoms with Gasteiger partial charge in [-0.2, -0.15) is 0 Å². The van der Waals surface area contributed by atoms with E-state index in [-0.39, 0.29) is 17.2 Å². The van der Waals surface area contributed by atoms with Gasteiger partial charge in [0.2, 0.25) is 5.91 Å². The van der Waals surface area contributed by atoms with Crippen molar-refractivity contribution >= 4 is 5.91 Å². The number of nitrogens with one attached hydrogen (secondary N) is 1. The molecule has 2 rings (SSSR count). The first-order valence-corrected chi connectivity index (χ1v) is 5.35. The van der Waals surface area contributed by atoms with E-state index < -0.39 is 0 Å². The molecule has 1 amide bonds. The third-order valence-corrected chi connectivity index (χ3v) is 2.95. The predicted octanol–water partition coefficient (Wildman–Crippen LogP) is 2.45. The molecule has 1 aromatic carbocycles.